The van der Waals surface area contributed by atoms with Crippen molar-refractivity contribution in [3.63, 3.8) is 0 Å². The Morgan fingerprint density at radius 1 is 1.00 bits per heavy atom. The molecule has 2 aromatic carbocycles. The number of carbonyl (C=O) groups is 1. The number of thiophene rings is 1. The maximum atomic E-state index is 13.1. The topological polar surface area (TPSA) is 66.5 Å². The van der Waals surface area contributed by atoms with Crippen LogP contribution in [0.5, 0.6) is 0 Å². The summed E-state index contributed by atoms with van der Waals surface area (Å²) in [5, 5.41) is 4.38. The molecule has 0 aliphatic carbocycles. The summed E-state index contributed by atoms with van der Waals surface area (Å²) in [7, 11) is -2.37. The van der Waals surface area contributed by atoms with Crippen molar-refractivity contribution in [2.45, 2.75) is 18.7 Å². The number of benzene rings is 2. The molecule has 1 amide bonds. The minimum absolute atomic E-state index is 0.000674. The molecule has 1 heterocycles. The zero-order chi connectivity index (χ0) is 19.6. The second kappa shape index (κ2) is 7.54. The molecule has 5 nitrogen and oxygen atoms in total. The first-order valence-corrected chi connectivity index (χ1v) is 10.6. The first-order valence-electron chi connectivity index (χ1n) is 8.30. The zero-order valence-electron chi connectivity index (χ0n) is 15.3. The van der Waals surface area contributed by atoms with E-state index in [1.54, 1.807) is 23.6 Å². The van der Waals surface area contributed by atoms with Gasteiger partial charge in [0, 0.05) is 12.7 Å². The lowest BCUT2D eigenvalue weighted by Crippen LogP contribution is -2.28. The number of aryl methyl sites for hydroxylation is 2. The number of hydrogen-bond donors (Lipinski definition) is 1. The van der Waals surface area contributed by atoms with E-state index in [0.717, 1.165) is 22.5 Å². The Kier molecular flexibility index (Phi) is 5.34. The fraction of sp³-hybridized carbons (Fsp3) is 0.150. The molecular formula is C20H20N2O3S2. The number of sulfonamides is 1. The molecule has 0 spiro atoms. The van der Waals surface area contributed by atoms with E-state index in [1.807, 2.05) is 44.2 Å². The van der Waals surface area contributed by atoms with Crippen LogP contribution in [0.25, 0.3) is 0 Å². The average Bonchev–Trinajstić information content (AvgIpc) is 3.12. The molecule has 1 aromatic heterocycles. The number of amides is 1. The molecule has 0 bridgehead atoms. The molecule has 0 unspecified atom stereocenters. The van der Waals surface area contributed by atoms with Crippen LogP contribution in [0.15, 0.2) is 64.9 Å². The van der Waals surface area contributed by atoms with E-state index < -0.39 is 15.9 Å². The number of nitrogens with zero attached hydrogens (tertiary/aromatic N) is 1. The lowest BCUT2D eigenvalue weighted by Gasteiger charge is -2.19. The Bertz CT molecular complexity index is 1070. The highest BCUT2D eigenvalue weighted by atomic mass is 32.2. The fourth-order valence-corrected chi connectivity index (χ4v) is 5.11. The van der Waals surface area contributed by atoms with Crippen molar-refractivity contribution in [3.8, 4) is 0 Å². The van der Waals surface area contributed by atoms with Crippen molar-refractivity contribution in [2.75, 3.05) is 16.7 Å². The number of carbonyl (C=O) groups excluding carboxylic acids is 1. The second-order valence-corrected chi connectivity index (χ2v) is 9.10. The maximum absolute atomic E-state index is 13.1. The van der Waals surface area contributed by atoms with Gasteiger partial charge < -0.3 is 5.32 Å². The Balaban J connectivity index is 1.90. The first-order chi connectivity index (χ1) is 12.8. The van der Waals surface area contributed by atoms with Crippen molar-refractivity contribution in [3.05, 3.63) is 76.0 Å². The Morgan fingerprint density at radius 3 is 2.37 bits per heavy atom. The van der Waals surface area contributed by atoms with Crippen LogP contribution >= 0.6 is 11.3 Å². The summed E-state index contributed by atoms with van der Waals surface area (Å²) < 4.78 is 27.3. The summed E-state index contributed by atoms with van der Waals surface area (Å²) in [5.41, 5.74) is 3.21. The predicted molar refractivity (Wildman–Crippen MR) is 110 cm³/mol. The highest BCUT2D eigenvalue weighted by molar-refractivity contribution is 7.93. The summed E-state index contributed by atoms with van der Waals surface area (Å²) in [6.07, 6.45) is 0. The third kappa shape index (κ3) is 4.04. The number of nitrogens with one attached hydrogen (secondary N) is 1. The summed E-state index contributed by atoms with van der Waals surface area (Å²) in [5.74, 6) is -0.438. The van der Waals surface area contributed by atoms with Crippen molar-refractivity contribution < 1.29 is 13.2 Å². The summed E-state index contributed by atoms with van der Waals surface area (Å²) in [4.78, 5) is 12.8. The van der Waals surface area contributed by atoms with E-state index in [4.69, 9.17) is 0 Å². The highest BCUT2D eigenvalue weighted by Gasteiger charge is 2.28. The largest absolute Gasteiger partial charge is 0.321 e. The van der Waals surface area contributed by atoms with Gasteiger partial charge in [-0.05, 0) is 55.1 Å². The van der Waals surface area contributed by atoms with Gasteiger partial charge in [-0.1, -0.05) is 29.8 Å². The van der Waals surface area contributed by atoms with Crippen LogP contribution in [-0.2, 0) is 10.0 Å². The molecule has 3 rings (SSSR count). The third-order valence-corrected chi connectivity index (χ3v) is 7.02. The van der Waals surface area contributed by atoms with Gasteiger partial charge >= 0.3 is 0 Å². The van der Waals surface area contributed by atoms with E-state index in [9.17, 15) is 13.2 Å². The van der Waals surface area contributed by atoms with Gasteiger partial charge in [-0.2, -0.15) is 0 Å². The van der Waals surface area contributed by atoms with Gasteiger partial charge in [0.05, 0.1) is 5.69 Å². The molecule has 0 radical (unpaired) electrons. The van der Waals surface area contributed by atoms with Gasteiger partial charge in [0.2, 0.25) is 0 Å². The van der Waals surface area contributed by atoms with Crippen molar-refractivity contribution in [1.82, 2.24) is 0 Å². The molecule has 3 aromatic rings. The lowest BCUT2D eigenvalue weighted by atomic mass is 10.2. The second-order valence-electron chi connectivity index (χ2n) is 6.25. The van der Waals surface area contributed by atoms with E-state index in [2.05, 4.69) is 5.32 Å². The Labute approximate surface area is 163 Å². The van der Waals surface area contributed by atoms with Gasteiger partial charge in [-0.3, -0.25) is 9.10 Å². The van der Waals surface area contributed by atoms with Crippen LogP contribution in [0.3, 0.4) is 0 Å². The van der Waals surface area contributed by atoms with Crippen molar-refractivity contribution in [1.29, 1.82) is 0 Å². The first kappa shape index (κ1) is 19.1. The van der Waals surface area contributed by atoms with Crippen LogP contribution in [-0.4, -0.2) is 21.4 Å². The van der Waals surface area contributed by atoms with E-state index in [0.29, 0.717) is 11.4 Å². The minimum Gasteiger partial charge on any atom is -0.321 e. The third-order valence-electron chi connectivity index (χ3n) is 4.15. The van der Waals surface area contributed by atoms with Crippen LogP contribution in [0.4, 0.5) is 11.4 Å². The summed E-state index contributed by atoms with van der Waals surface area (Å²) in [6, 6.07) is 16.0. The van der Waals surface area contributed by atoms with E-state index in [1.165, 1.54) is 17.4 Å². The number of rotatable bonds is 5. The van der Waals surface area contributed by atoms with Gasteiger partial charge in [0.1, 0.15) is 9.77 Å². The van der Waals surface area contributed by atoms with Crippen LogP contribution in [0.2, 0.25) is 0 Å². The maximum Gasteiger partial charge on any atom is 0.267 e. The number of anilines is 2. The normalized spacial score (nSPS) is 11.2. The minimum atomic E-state index is -3.85. The molecule has 0 aliphatic heterocycles. The molecular weight excluding hydrogens is 380 g/mol. The zero-order valence-corrected chi connectivity index (χ0v) is 16.9. The SMILES string of the molecule is Cc1ccc(N(C)S(=O)(=O)c2ccsc2C(=O)Nc2cccc(C)c2)cc1. The highest BCUT2D eigenvalue weighted by Crippen LogP contribution is 2.28. The smallest absolute Gasteiger partial charge is 0.267 e. The number of hydrogen-bond acceptors (Lipinski definition) is 4. The predicted octanol–water partition coefficient (Wildman–Crippen LogP) is 4.44. The summed E-state index contributed by atoms with van der Waals surface area (Å²) in [6.45, 7) is 3.86. The van der Waals surface area contributed by atoms with Crippen LogP contribution in [0, 0.1) is 13.8 Å². The molecule has 7 heteroatoms. The van der Waals surface area contributed by atoms with E-state index >= 15 is 0 Å². The average molecular weight is 401 g/mol. The molecule has 0 fully saturated rings. The van der Waals surface area contributed by atoms with Gasteiger partial charge in [-0.25, -0.2) is 8.42 Å². The van der Waals surface area contributed by atoms with E-state index in [-0.39, 0.29) is 9.77 Å². The molecule has 0 saturated heterocycles. The van der Waals surface area contributed by atoms with Gasteiger partial charge in [0.15, 0.2) is 0 Å². The molecule has 140 valence electrons. The van der Waals surface area contributed by atoms with Crippen LogP contribution < -0.4 is 9.62 Å². The Morgan fingerprint density at radius 2 is 1.70 bits per heavy atom. The van der Waals surface area contributed by atoms with Gasteiger partial charge in [0.25, 0.3) is 15.9 Å². The quantitative estimate of drug-likeness (QED) is 0.688. The standard InChI is InChI=1S/C20H20N2O3S2/c1-14-7-9-17(10-8-14)22(3)27(24,25)18-11-12-26-19(18)20(23)21-16-6-4-5-15(2)13-16/h4-13H,1-3H3,(H,21,23). The molecule has 27 heavy (non-hydrogen) atoms. The molecule has 0 aliphatic rings. The Hall–Kier alpha value is -2.64. The van der Waals surface area contributed by atoms with Gasteiger partial charge in [-0.15, -0.1) is 11.3 Å². The molecule has 1 N–H and O–H groups in total. The monoisotopic (exact) mass is 400 g/mol. The van der Waals surface area contributed by atoms with Crippen molar-refractivity contribution >= 4 is 38.6 Å². The lowest BCUT2D eigenvalue weighted by molar-refractivity contribution is 0.102. The van der Waals surface area contributed by atoms with Crippen LogP contribution in [0.1, 0.15) is 20.8 Å². The van der Waals surface area contributed by atoms with Crippen molar-refractivity contribution in [2.24, 2.45) is 0 Å². The fourth-order valence-electron chi connectivity index (χ4n) is 2.62. The summed E-state index contributed by atoms with van der Waals surface area (Å²) >= 11 is 1.11. The molecule has 0 saturated carbocycles. The molecule has 0 atom stereocenters.